The summed E-state index contributed by atoms with van der Waals surface area (Å²) in [6, 6.07) is 0. The molecule has 0 saturated carbocycles. The van der Waals surface area contributed by atoms with E-state index in [9.17, 15) is 5.11 Å². The van der Waals surface area contributed by atoms with Gasteiger partial charge in [0, 0.05) is 0 Å². The Hall–Kier alpha value is -0.340. The Morgan fingerprint density at radius 1 is 1.53 bits per heavy atom. The van der Waals surface area contributed by atoms with Crippen LogP contribution in [0.2, 0.25) is 0 Å². The van der Waals surface area contributed by atoms with Gasteiger partial charge in [0.25, 0.3) is 0 Å². The van der Waals surface area contributed by atoms with Crippen LogP contribution in [-0.4, -0.2) is 23.9 Å². The Kier molecular flexibility index (Phi) is 4.35. The zero-order chi connectivity index (χ0) is 11.5. The fourth-order valence-electron chi connectivity index (χ4n) is 1.84. The van der Waals surface area contributed by atoms with Gasteiger partial charge in [-0.15, -0.1) is 0 Å². The van der Waals surface area contributed by atoms with Crippen LogP contribution in [0.15, 0.2) is 11.6 Å². The molecule has 1 fully saturated rings. The SMILES string of the molecule is CC1=CCCC(C)(C)C1O.CCC1CO1. The van der Waals surface area contributed by atoms with Crippen molar-refractivity contribution in [2.45, 2.75) is 59.2 Å². The van der Waals surface area contributed by atoms with Crippen molar-refractivity contribution in [2.75, 3.05) is 6.61 Å². The molecule has 2 nitrogen and oxygen atoms in total. The molecule has 2 rings (SSSR count). The molecule has 1 aliphatic carbocycles. The number of allylic oxidation sites excluding steroid dienone is 1. The van der Waals surface area contributed by atoms with Gasteiger partial charge in [-0.3, -0.25) is 0 Å². The highest BCUT2D eigenvalue weighted by Gasteiger charge is 2.30. The lowest BCUT2D eigenvalue weighted by atomic mass is 9.75. The molecular weight excluding hydrogens is 188 g/mol. The van der Waals surface area contributed by atoms with Gasteiger partial charge in [0.05, 0.1) is 18.8 Å². The predicted octanol–water partition coefficient (Wildman–Crippen LogP) is 2.91. The lowest BCUT2D eigenvalue weighted by molar-refractivity contribution is 0.0670. The zero-order valence-corrected chi connectivity index (χ0v) is 10.4. The molecule has 0 aromatic carbocycles. The Morgan fingerprint density at radius 2 is 2.13 bits per heavy atom. The summed E-state index contributed by atoms with van der Waals surface area (Å²) in [5.41, 5.74) is 1.23. The summed E-state index contributed by atoms with van der Waals surface area (Å²) in [4.78, 5) is 0. The van der Waals surface area contributed by atoms with Crippen molar-refractivity contribution in [3.63, 3.8) is 0 Å². The van der Waals surface area contributed by atoms with Crippen LogP contribution in [0.5, 0.6) is 0 Å². The first-order valence-corrected chi connectivity index (χ1v) is 5.93. The molecule has 2 heteroatoms. The molecule has 2 aliphatic rings. The highest BCUT2D eigenvalue weighted by molar-refractivity contribution is 5.12. The van der Waals surface area contributed by atoms with Crippen LogP contribution in [0.25, 0.3) is 0 Å². The third kappa shape index (κ3) is 3.96. The number of ether oxygens (including phenoxy) is 1. The smallest absolute Gasteiger partial charge is 0.0807 e. The monoisotopic (exact) mass is 212 g/mol. The molecule has 0 radical (unpaired) electrons. The minimum Gasteiger partial charge on any atom is -0.388 e. The Labute approximate surface area is 93.3 Å². The maximum atomic E-state index is 9.64. The minimum absolute atomic E-state index is 0.0961. The molecule has 88 valence electrons. The van der Waals surface area contributed by atoms with Gasteiger partial charge in [0.1, 0.15) is 0 Å². The zero-order valence-electron chi connectivity index (χ0n) is 10.4. The van der Waals surface area contributed by atoms with Crippen LogP contribution in [0.1, 0.15) is 47.0 Å². The van der Waals surface area contributed by atoms with E-state index in [-0.39, 0.29) is 11.5 Å². The van der Waals surface area contributed by atoms with E-state index in [1.807, 2.05) is 6.92 Å². The van der Waals surface area contributed by atoms with E-state index < -0.39 is 0 Å². The van der Waals surface area contributed by atoms with Gasteiger partial charge in [-0.05, 0) is 37.2 Å². The normalized spacial score (nSPS) is 32.5. The minimum atomic E-state index is -0.221. The Balaban J connectivity index is 0.000000187. The largest absolute Gasteiger partial charge is 0.388 e. The second-order valence-electron chi connectivity index (χ2n) is 5.24. The molecule has 1 saturated heterocycles. The van der Waals surface area contributed by atoms with Crippen LogP contribution in [-0.2, 0) is 4.74 Å². The summed E-state index contributed by atoms with van der Waals surface area (Å²) in [7, 11) is 0. The molecule has 0 bridgehead atoms. The lowest BCUT2D eigenvalue weighted by Crippen LogP contribution is -2.32. The van der Waals surface area contributed by atoms with Crippen molar-refractivity contribution in [2.24, 2.45) is 5.41 Å². The second-order valence-corrected chi connectivity index (χ2v) is 5.24. The molecule has 0 aromatic heterocycles. The molecule has 1 N–H and O–H groups in total. The number of epoxide rings is 1. The number of rotatable bonds is 1. The molecule has 15 heavy (non-hydrogen) atoms. The molecule has 1 aliphatic heterocycles. The Morgan fingerprint density at radius 3 is 2.40 bits per heavy atom. The number of hydrogen-bond donors (Lipinski definition) is 1. The van der Waals surface area contributed by atoms with E-state index in [1.54, 1.807) is 0 Å². The number of hydrogen-bond acceptors (Lipinski definition) is 2. The second kappa shape index (κ2) is 5.13. The van der Waals surface area contributed by atoms with Crippen molar-refractivity contribution in [1.82, 2.24) is 0 Å². The summed E-state index contributed by atoms with van der Waals surface area (Å²) in [6.45, 7) is 9.39. The summed E-state index contributed by atoms with van der Waals surface area (Å²) in [5.74, 6) is 0. The standard InChI is InChI=1S/C9H16O.C4H8O/c1-7-5-4-6-9(2,3)8(7)10;1-2-4-3-5-4/h5,8,10H,4,6H2,1-3H3;4H,2-3H2,1H3. The maximum absolute atomic E-state index is 9.64. The predicted molar refractivity (Wildman–Crippen MR) is 62.8 cm³/mol. The summed E-state index contributed by atoms with van der Waals surface area (Å²) >= 11 is 0. The quantitative estimate of drug-likeness (QED) is 0.535. The van der Waals surface area contributed by atoms with Gasteiger partial charge in [0.2, 0.25) is 0 Å². The first-order valence-electron chi connectivity index (χ1n) is 5.93. The molecule has 0 aromatic rings. The van der Waals surface area contributed by atoms with Crippen molar-refractivity contribution >= 4 is 0 Å². The maximum Gasteiger partial charge on any atom is 0.0807 e. The summed E-state index contributed by atoms with van der Waals surface area (Å²) < 4.78 is 4.86. The van der Waals surface area contributed by atoms with E-state index >= 15 is 0 Å². The van der Waals surface area contributed by atoms with Crippen LogP contribution in [0.3, 0.4) is 0 Å². The third-order valence-corrected chi connectivity index (χ3v) is 3.28. The van der Waals surface area contributed by atoms with Gasteiger partial charge >= 0.3 is 0 Å². The van der Waals surface area contributed by atoms with Crippen molar-refractivity contribution < 1.29 is 9.84 Å². The van der Waals surface area contributed by atoms with Gasteiger partial charge in [-0.25, -0.2) is 0 Å². The van der Waals surface area contributed by atoms with Crippen LogP contribution >= 0.6 is 0 Å². The topological polar surface area (TPSA) is 32.8 Å². The van der Waals surface area contributed by atoms with E-state index in [0.717, 1.165) is 25.0 Å². The highest BCUT2D eigenvalue weighted by Crippen LogP contribution is 2.34. The van der Waals surface area contributed by atoms with E-state index in [2.05, 4.69) is 26.8 Å². The van der Waals surface area contributed by atoms with Gasteiger partial charge in [-0.2, -0.15) is 0 Å². The van der Waals surface area contributed by atoms with E-state index in [4.69, 9.17) is 4.74 Å². The van der Waals surface area contributed by atoms with Crippen LogP contribution in [0, 0.1) is 5.41 Å². The Bertz CT molecular complexity index is 227. The fraction of sp³-hybridized carbons (Fsp3) is 0.846. The average molecular weight is 212 g/mol. The van der Waals surface area contributed by atoms with Gasteiger partial charge < -0.3 is 9.84 Å². The van der Waals surface area contributed by atoms with Crippen LogP contribution in [0.4, 0.5) is 0 Å². The molecule has 0 spiro atoms. The van der Waals surface area contributed by atoms with E-state index in [0.29, 0.717) is 6.10 Å². The molecule has 1 heterocycles. The first-order chi connectivity index (χ1) is 6.97. The average Bonchev–Trinajstić information content (AvgIpc) is 2.98. The fourth-order valence-corrected chi connectivity index (χ4v) is 1.84. The van der Waals surface area contributed by atoms with Crippen molar-refractivity contribution in [1.29, 1.82) is 0 Å². The number of aliphatic hydroxyl groups excluding tert-OH is 1. The molecular formula is C13H24O2. The summed E-state index contributed by atoms with van der Waals surface area (Å²) in [6.07, 6.45) is 5.97. The third-order valence-electron chi connectivity index (χ3n) is 3.28. The van der Waals surface area contributed by atoms with E-state index in [1.165, 1.54) is 6.42 Å². The highest BCUT2D eigenvalue weighted by atomic mass is 16.6. The lowest BCUT2D eigenvalue weighted by Gasteiger charge is -2.34. The van der Waals surface area contributed by atoms with Crippen molar-refractivity contribution in [3.05, 3.63) is 11.6 Å². The van der Waals surface area contributed by atoms with Gasteiger partial charge in [0.15, 0.2) is 0 Å². The molecule has 2 unspecified atom stereocenters. The summed E-state index contributed by atoms with van der Waals surface area (Å²) in [5, 5.41) is 9.64. The molecule has 0 amide bonds. The number of aliphatic hydroxyl groups is 1. The van der Waals surface area contributed by atoms with Gasteiger partial charge in [-0.1, -0.05) is 26.8 Å². The molecule has 2 atom stereocenters. The first kappa shape index (κ1) is 12.7. The van der Waals surface area contributed by atoms with Crippen LogP contribution < -0.4 is 0 Å². The van der Waals surface area contributed by atoms with Crippen molar-refractivity contribution in [3.8, 4) is 0 Å².